The summed E-state index contributed by atoms with van der Waals surface area (Å²) in [6.45, 7) is 4.49. The van der Waals surface area contributed by atoms with Crippen molar-refractivity contribution in [3.63, 3.8) is 0 Å². The summed E-state index contributed by atoms with van der Waals surface area (Å²) in [5.41, 5.74) is 3.36. The Balaban J connectivity index is 1.52. The molecule has 3 heterocycles. The lowest BCUT2D eigenvalue weighted by Crippen LogP contribution is -2.38. The Morgan fingerprint density at radius 3 is 2.56 bits per heavy atom. The minimum absolute atomic E-state index is 0.318. The molecule has 0 atom stereocenters. The van der Waals surface area contributed by atoms with Crippen LogP contribution in [-0.2, 0) is 10.0 Å². The monoisotopic (exact) mass is 388 g/mol. The molecule has 0 spiro atoms. The van der Waals surface area contributed by atoms with Gasteiger partial charge in [-0.25, -0.2) is 8.42 Å². The van der Waals surface area contributed by atoms with Gasteiger partial charge >= 0.3 is 0 Å². The van der Waals surface area contributed by atoms with Crippen LogP contribution in [0.3, 0.4) is 0 Å². The number of hydrogen-bond acceptors (Lipinski definition) is 4. The number of aromatic amines is 2. The van der Waals surface area contributed by atoms with Crippen LogP contribution in [0.2, 0.25) is 0 Å². The number of nitrogens with one attached hydrogen (secondary N) is 2. The second-order valence-electron chi connectivity index (χ2n) is 7.12. The van der Waals surface area contributed by atoms with Gasteiger partial charge in [-0.3, -0.25) is 5.10 Å². The zero-order chi connectivity index (χ0) is 19.2. The lowest BCUT2D eigenvalue weighted by molar-refractivity contribution is 0.317. The van der Waals surface area contributed by atoms with Crippen LogP contribution in [-0.4, -0.2) is 48.1 Å². The molecule has 1 saturated heterocycles. The van der Waals surface area contributed by atoms with E-state index in [4.69, 9.17) is 4.74 Å². The van der Waals surface area contributed by atoms with E-state index in [0.29, 0.717) is 35.3 Å². The minimum Gasteiger partial charge on any atom is -0.497 e. The highest BCUT2D eigenvalue weighted by Gasteiger charge is 2.33. The van der Waals surface area contributed by atoms with Crippen LogP contribution in [0.15, 0.2) is 29.2 Å². The van der Waals surface area contributed by atoms with Crippen LogP contribution >= 0.6 is 0 Å². The van der Waals surface area contributed by atoms with E-state index in [2.05, 4.69) is 21.2 Å². The summed E-state index contributed by atoms with van der Waals surface area (Å²) >= 11 is 0. The van der Waals surface area contributed by atoms with E-state index in [1.807, 2.05) is 18.2 Å². The Hall–Kier alpha value is -2.32. The van der Waals surface area contributed by atoms with Crippen LogP contribution in [0.25, 0.3) is 10.9 Å². The molecule has 1 aromatic carbocycles. The number of benzene rings is 1. The summed E-state index contributed by atoms with van der Waals surface area (Å²) < 4.78 is 32.8. The first-order valence-corrected chi connectivity index (χ1v) is 10.5. The number of nitrogens with zero attached hydrogens (tertiary/aromatic N) is 2. The van der Waals surface area contributed by atoms with Crippen molar-refractivity contribution in [1.82, 2.24) is 19.5 Å². The fourth-order valence-corrected chi connectivity index (χ4v) is 5.74. The highest BCUT2D eigenvalue weighted by Crippen LogP contribution is 2.33. The first-order chi connectivity index (χ1) is 12.9. The average molecular weight is 388 g/mol. The second-order valence-corrected chi connectivity index (χ2v) is 8.99. The minimum atomic E-state index is -3.51. The van der Waals surface area contributed by atoms with Gasteiger partial charge in [0, 0.05) is 35.6 Å². The van der Waals surface area contributed by atoms with Gasteiger partial charge in [-0.15, -0.1) is 0 Å². The Labute approximate surface area is 158 Å². The van der Waals surface area contributed by atoms with E-state index in [-0.39, 0.29) is 0 Å². The summed E-state index contributed by atoms with van der Waals surface area (Å²) in [4.78, 5) is 3.80. The maximum absolute atomic E-state index is 13.0. The van der Waals surface area contributed by atoms with E-state index in [9.17, 15) is 8.42 Å². The SMILES string of the molecule is COc1ccc2[nH]c(C3CCN(S(=O)(=O)c4c(C)n[nH]c4C)CC3)cc2c1. The lowest BCUT2D eigenvalue weighted by atomic mass is 9.95. The predicted molar refractivity (Wildman–Crippen MR) is 104 cm³/mol. The summed E-state index contributed by atoms with van der Waals surface area (Å²) in [6, 6.07) is 8.12. The number of H-pyrrole nitrogens is 2. The largest absolute Gasteiger partial charge is 0.497 e. The number of methoxy groups -OCH3 is 1. The molecule has 27 heavy (non-hydrogen) atoms. The third-order valence-electron chi connectivity index (χ3n) is 5.40. The van der Waals surface area contributed by atoms with Crippen molar-refractivity contribution in [3.8, 4) is 5.75 Å². The van der Waals surface area contributed by atoms with Crippen molar-refractivity contribution in [2.45, 2.75) is 37.5 Å². The van der Waals surface area contributed by atoms with Crippen molar-refractivity contribution < 1.29 is 13.2 Å². The summed E-state index contributed by atoms with van der Waals surface area (Å²) in [5.74, 6) is 1.15. The van der Waals surface area contributed by atoms with Crippen molar-refractivity contribution in [3.05, 3.63) is 41.3 Å². The molecule has 144 valence electrons. The van der Waals surface area contributed by atoms with Gasteiger partial charge in [-0.05, 0) is 51.0 Å². The number of aryl methyl sites for hydroxylation is 2. The molecule has 4 rings (SSSR count). The Bertz CT molecular complexity index is 1060. The zero-order valence-electron chi connectivity index (χ0n) is 15.7. The van der Waals surface area contributed by atoms with E-state index < -0.39 is 10.0 Å². The van der Waals surface area contributed by atoms with Crippen molar-refractivity contribution in [1.29, 1.82) is 0 Å². The molecular formula is C19H24N4O3S. The number of ether oxygens (including phenoxy) is 1. The van der Waals surface area contributed by atoms with Gasteiger partial charge in [0.2, 0.25) is 10.0 Å². The number of sulfonamides is 1. The highest BCUT2D eigenvalue weighted by molar-refractivity contribution is 7.89. The summed E-state index contributed by atoms with van der Waals surface area (Å²) in [6.07, 6.45) is 1.58. The maximum atomic E-state index is 13.0. The number of aromatic nitrogens is 3. The molecule has 2 N–H and O–H groups in total. The number of fused-ring (bicyclic) bond motifs is 1. The molecule has 0 radical (unpaired) electrons. The molecule has 0 aliphatic carbocycles. The second kappa shape index (κ2) is 6.69. The van der Waals surface area contributed by atoms with Crippen molar-refractivity contribution in [2.75, 3.05) is 20.2 Å². The third kappa shape index (κ3) is 3.12. The number of rotatable bonds is 4. The molecule has 7 nitrogen and oxygen atoms in total. The molecular weight excluding hydrogens is 364 g/mol. The van der Waals surface area contributed by atoms with Crippen LogP contribution < -0.4 is 4.74 Å². The predicted octanol–water partition coefficient (Wildman–Crippen LogP) is 3.08. The molecule has 2 aromatic heterocycles. The molecule has 0 bridgehead atoms. The van der Waals surface area contributed by atoms with Crippen LogP contribution in [0.1, 0.15) is 35.8 Å². The highest BCUT2D eigenvalue weighted by atomic mass is 32.2. The fourth-order valence-electron chi connectivity index (χ4n) is 3.94. The van der Waals surface area contributed by atoms with Gasteiger partial charge < -0.3 is 9.72 Å². The number of hydrogen-bond donors (Lipinski definition) is 2. The van der Waals surface area contributed by atoms with E-state index in [1.54, 1.807) is 25.3 Å². The molecule has 1 fully saturated rings. The van der Waals surface area contributed by atoms with Crippen molar-refractivity contribution in [2.24, 2.45) is 0 Å². The molecule has 8 heteroatoms. The topological polar surface area (TPSA) is 91.1 Å². The first kappa shape index (κ1) is 18.1. The van der Waals surface area contributed by atoms with Gasteiger partial charge in [0.05, 0.1) is 18.5 Å². The lowest BCUT2D eigenvalue weighted by Gasteiger charge is -2.30. The third-order valence-corrected chi connectivity index (χ3v) is 7.56. The number of piperidine rings is 1. The molecule has 1 aliphatic heterocycles. The van der Waals surface area contributed by atoms with Crippen molar-refractivity contribution >= 4 is 20.9 Å². The fraction of sp³-hybridized carbons (Fsp3) is 0.421. The summed E-state index contributed by atoms with van der Waals surface area (Å²) in [5, 5.41) is 7.92. The van der Waals surface area contributed by atoms with Gasteiger partial charge in [-0.2, -0.15) is 9.40 Å². The van der Waals surface area contributed by atoms with E-state index in [0.717, 1.165) is 35.2 Å². The summed E-state index contributed by atoms with van der Waals surface area (Å²) in [7, 11) is -1.85. The normalized spacial score (nSPS) is 16.9. The molecule has 0 amide bonds. The molecule has 0 unspecified atom stereocenters. The maximum Gasteiger partial charge on any atom is 0.246 e. The Morgan fingerprint density at radius 2 is 1.93 bits per heavy atom. The van der Waals surface area contributed by atoms with Crippen LogP contribution in [0.5, 0.6) is 5.75 Å². The van der Waals surface area contributed by atoms with Gasteiger partial charge in [0.15, 0.2) is 0 Å². The van der Waals surface area contributed by atoms with Gasteiger partial charge in [0.1, 0.15) is 10.6 Å². The smallest absolute Gasteiger partial charge is 0.246 e. The van der Waals surface area contributed by atoms with Gasteiger partial charge in [0.25, 0.3) is 0 Å². The Kier molecular flexibility index (Phi) is 4.47. The molecule has 0 saturated carbocycles. The quantitative estimate of drug-likeness (QED) is 0.718. The molecule has 1 aliphatic rings. The van der Waals surface area contributed by atoms with E-state index in [1.165, 1.54) is 0 Å². The average Bonchev–Trinajstić information content (AvgIpc) is 3.24. The Morgan fingerprint density at radius 1 is 1.19 bits per heavy atom. The van der Waals surface area contributed by atoms with E-state index >= 15 is 0 Å². The standard InChI is InChI=1S/C19H24N4O3S/c1-12-19(13(2)22-21-12)27(24,25)23-8-6-14(7-9-23)18-11-15-10-16(26-3)4-5-17(15)20-18/h4-5,10-11,14,20H,6-9H2,1-3H3,(H,21,22). The van der Waals surface area contributed by atoms with Crippen LogP contribution in [0, 0.1) is 13.8 Å². The van der Waals surface area contributed by atoms with Crippen LogP contribution in [0.4, 0.5) is 0 Å². The van der Waals surface area contributed by atoms with Gasteiger partial charge in [-0.1, -0.05) is 0 Å². The molecule has 3 aromatic rings. The zero-order valence-corrected chi connectivity index (χ0v) is 16.6. The first-order valence-electron chi connectivity index (χ1n) is 9.08.